The topological polar surface area (TPSA) is 76.7 Å². The first-order valence-electron chi connectivity index (χ1n) is 6.63. The molecule has 0 spiro atoms. The molecule has 6 heteroatoms. The molecule has 0 unspecified atom stereocenters. The van der Waals surface area contributed by atoms with Crippen molar-refractivity contribution in [3.05, 3.63) is 29.6 Å². The minimum absolute atomic E-state index is 0.420. The van der Waals surface area contributed by atoms with Crippen molar-refractivity contribution in [3.63, 3.8) is 0 Å². The van der Waals surface area contributed by atoms with Crippen molar-refractivity contribution >= 4 is 12.2 Å². The van der Waals surface area contributed by atoms with E-state index in [1.807, 2.05) is 5.43 Å². The second-order valence-corrected chi connectivity index (χ2v) is 4.36. The van der Waals surface area contributed by atoms with E-state index in [1.165, 1.54) is 24.8 Å². The normalized spacial score (nSPS) is 10.7. The van der Waals surface area contributed by atoms with Crippen molar-refractivity contribution in [1.82, 2.24) is 5.43 Å². The van der Waals surface area contributed by atoms with E-state index in [0.29, 0.717) is 17.9 Å². The summed E-state index contributed by atoms with van der Waals surface area (Å²) in [7, 11) is 0. The molecule has 1 rings (SSSR count). The average Bonchev–Trinajstić information content (AvgIpc) is 2.37. The number of unbranched alkanes of at least 4 members (excludes halogenated alkanes) is 3. The zero-order valence-electron chi connectivity index (χ0n) is 11.6. The monoisotopic (exact) mass is 281 g/mol. The second kappa shape index (κ2) is 8.90. The fourth-order valence-corrected chi connectivity index (χ4v) is 1.63. The van der Waals surface area contributed by atoms with Crippen LogP contribution in [0.2, 0.25) is 0 Å². The Bertz CT molecular complexity index is 464. The summed E-state index contributed by atoms with van der Waals surface area (Å²) in [5, 5.41) is 3.57. The van der Waals surface area contributed by atoms with Crippen molar-refractivity contribution in [3.8, 4) is 5.75 Å². The summed E-state index contributed by atoms with van der Waals surface area (Å²) in [5.74, 6) is 0.0265. The lowest BCUT2D eigenvalue weighted by molar-refractivity contribution is 0.249. The van der Waals surface area contributed by atoms with Crippen LogP contribution in [0.1, 0.15) is 38.2 Å². The van der Waals surface area contributed by atoms with Crippen molar-refractivity contribution in [1.29, 1.82) is 0 Å². The molecular formula is C14H20FN3O2. The molecule has 5 nitrogen and oxygen atoms in total. The highest BCUT2D eigenvalue weighted by Gasteiger charge is 2.01. The SMILES string of the molecule is CCCCCCOc1cc(F)cc(C=NNC(N)=O)c1. The predicted octanol–water partition coefficient (Wildman–Crippen LogP) is 2.79. The van der Waals surface area contributed by atoms with Crippen molar-refractivity contribution < 1.29 is 13.9 Å². The largest absolute Gasteiger partial charge is 0.493 e. The summed E-state index contributed by atoms with van der Waals surface area (Å²) in [4.78, 5) is 10.4. The van der Waals surface area contributed by atoms with Crippen LogP contribution >= 0.6 is 0 Å². The van der Waals surface area contributed by atoms with Crippen molar-refractivity contribution in [2.45, 2.75) is 32.6 Å². The standard InChI is InChI=1S/C14H20FN3O2/c1-2-3-4-5-6-20-13-8-11(7-12(15)9-13)10-17-18-14(16)19/h7-10H,2-6H2,1H3,(H3,16,18,19). The van der Waals surface area contributed by atoms with Crippen molar-refractivity contribution in [2.24, 2.45) is 10.8 Å². The van der Waals surface area contributed by atoms with Crippen LogP contribution in [0.5, 0.6) is 5.75 Å². The van der Waals surface area contributed by atoms with E-state index in [1.54, 1.807) is 6.07 Å². The number of hydrogen-bond donors (Lipinski definition) is 2. The number of nitrogens with zero attached hydrogens (tertiary/aromatic N) is 1. The first-order valence-corrected chi connectivity index (χ1v) is 6.63. The van der Waals surface area contributed by atoms with Crippen LogP contribution < -0.4 is 15.9 Å². The molecular weight excluding hydrogens is 261 g/mol. The van der Waals surface area contributed by atoms with E-state index >= 15 is 0 Å². The maximum atomic E-state index is 13.4. The highest BCUT2D eigenvalue weighted by molar-refractivity contribution is 5.82. The number of primary amides is 1. The van der Waals surface area contributed by atoms with E-state index in [2.05, 4.69) is 12.0 Å². The maximum absolute atomic E-state index is 13.4. The molecule has 0 radical (unpaired) electrons. The molecule has 0 atom stereocenters. The van der Waals surface area contributed by atoms with Gasteiger partial charge in [0.05, 0.1) is 12.8 Å². The van der Waals surface area contributed by atoms with E-state index in [-0.39, 0.29) is 0 Å². The minimum atomic E-state index is -0.773. The Labute approximate surface area is 118 Å². The highest BCUT2D eigenvalue weighted by atomic mass is 19.1. The number of amides is 2. The van der Waals surface area contributed by atoms with Crippen molar-refractivity contribution in [2.75, 3.05) is 6.61 Å². The van der Waals surface area contributed by atoms with Gasteiger partial charge in [-0.25, -0.2) is 14.6 Å². The molecule has 0 bridgehead atoms. The number of benzene rings is 1. The van der Waals surface area contributed by atoms with Gasteiger partial charge < -0.3 is 10.5 Å². The molecule has 0 fully saturated rings. The van der Waals surface area contributed by atoms with Gasteiger partial charge in [0.25, 0.3) is 0 Å². The number of nitrogens with two attached hydrogens (primary N) is 1. The van der Waals surface area contributed by atoms with Crippen LogP contribution in [0.25, 0.3) is 0 Å². The molecule has 1 aromatic carbocycles. The Hall–Kier alpha value is -2.11. The lowest BCUT2D eigenvalue weighted by Gasteiger charge is -2.07. The summed E-state index contributed by atoms with van der Waals surface area (Å²) >= 11 is 0. The first kappa shape index (κ1) is 15.9. The molecule has 3 N–H and O–H groups in total. The molecule has 110 valence electrons. The number of carbonyl (C=O) groups excluding carboxylic acids is 1. The van der Waals surface area contributed by atoms with E-state index in [4.69, 9.17) is 10.5 Å². The fraction of sp³-hybridized carbons (Fsp3) is 0.429. The Morgan fingerprint density at radius 2 is 2.20 bits per heavy atom. The fourth-order valence-electron chi connectivity index (χ4n) is 1.63. The van der Waals surface area contributed by atoms with Gasteiger partial charge in [-0.05, 0) is 18.6 Å². The number of ether oxygens (including phenoxy) is 1. The third-order valence-corrected chi connectivity index (χ3v) is 2.55. The van der Waals surface area contributed by atoms with Crippen LogP contribution in [-0.2, 0) is 0 Å². The Morgan fingerprint density at radius 3 is 2.90 bits per heavy atom. The van der Waals surface area contributed by atoms with Gasteiger partial charge in [-0.15, -0.1) is 0 Å². The van der Waals surface area contributed by atoms with Gasteiger partial charge in [-0.2, -0.15) is 5.10 Å². The number of carbonyl (C=O) groups is 1. The predicted molar refractivity (Wildman–Crippen MR) is 76.4 cm³/mol. The molecule has 1 aromatic rings. The van der Waals surface area contributed by atoms with E-state index in [0.717, 1.165) is 19.3 Å². The number of rotatable bonds is 8. The van der Waals surface area contributed by atoms with Gasteiger partial charge in [-0.3, -0.25) is 0 Å². The molecule has 0 saturated heterocycles. The van der Waals surface area contributed by atoms with Gasteiger partial charge in [0.15, 0.2) is 0 Å². The smallest absolute Gasteiger partial charge is 0.332 e. The Morgan fingerprint density at radius 1 is 1.40 bits per heavy atom. The molecule has 0 aromatic heterocycles. The number of hydrogen-bond acceptors (Lipinski definition) is 3. The number of nitrogens with one attached hydrogen (secondary N) is 1. The molecule has 0 aliphatic heterocycles. The summed E-state index contributed by atoms with van der Waals surface area (Å²) in [6, 6.07) is 3.48. The van der Waals surface area contributed by atoms with Gasteiger partial charge >= 0.3 is 6.03 Å². The first-order chi connectivity index (χ1) is 9.61. The summed E-state index contributed by atoms with van der Waals surface area (Å²) < 4.78 is 18.9. The third-order valence-electron chi connectivity index (χ3n) is 2.55. The van der Waals surface area contributed by atoms with Gasteiger partial charge in [-0.1, -0.05) is 26.2 Å². The number of hydrazone groups is 1. The lowest BCUT2D eigenvalue weighted by Crippen LogP contribution is -2.24. The maximum Gasteiger partial charge on any atom is 0.332 e. The number of urea groups is 1. The molecule has 0 aliphatic rings. The van der Waals surface area contributed by atoms with E-state index < -0.39 is 11.8 Å². The average molecular weight is 281 g/mol. The quantitative estimate of drug-likeness (QED) is 0.436. The van der Waals surface area contributed by atoms with Crippen LogP contribution in [0.3, 0.4) is 0 Å². The van der Waals surface area contributed by atoms with Crippen LogP contribution in [0, 0.1) is 5.82 Å². The van der Waals surface area contributed by atoms with Crippen LogP contribution in [0.15, 0.2) is 23.3 Å². The van der Waals surface area contributed by atoms with E-state index in [9.17, 15) is 9.18 Å². The zero-order chi connectivity index (χ0) is 14.8. The zero-order valence-corrected chi connectivity index (χ0v) is 11.6. The molecule has 2 amide bonds. The Balaban J connectivity index is 2.52. The van der Waals surface area contributed by atoms with Gasteiger partial charge in [0, 0.05) is 11.6 Å². The lowest BCUT2D eigenvalue weighted by atomic mass is 10.2. The molecule has 20 heavy (non-hydrogen) atoms. The minimum Gasteiger partial charge on any atom is -0.493 e. The highest BCUT2D eigenvalue weighted by Crippen LogP contribution is 2.16. The summed E-state index contributed by atoms with van der Waals surface area (Å²) in [5.41, 5.74) is 7.39. The van der Waals surface area contributed by atoms with Crippen LogP contribution in [-0.4, -0.2) is 18.9 Å². The molecule has 0 aliphatic carbocycles. The second-order valence-electron chi connectivity index (χ2n) is 4.36. The Kier molecular flexibility index (Phi) is 7.10. The molecule has 0 heterocycles. The molecule has 0 saturated carbocycles. The third kappa shape index (κ3) is 6.72. The van der Waals surface area contributed by atoms with Gasteiger partial charge in [0.2, 0.25) is 0 Å². The summed E-state index contributed by atoms with van der Waals surface area (Å²) in [6.07, 6.45) is 5.67. The van der Waals surface area contributed by atoms with Gasteiger partial charge in [0.1, 0.15) is 11.6 Å². The number of halogens is 1. The summed E-state index contributed by atoms with van der Waals surface area (Å²) in [6.45, 7) is 2.69. The van der Waals surface area contributed by atoms with Crippen LogP contribution in [0.4, 0.5) is 9.18 Å².